The predicted molar refractivity (Wildman–Crippen MR) is 79.4 cm³/mol. The molecule has 0 aromatic rings. The molecule has 2 saturated heterocycles. The molecule has 2 fully saturated rings. The summed E-state index contributed by atoms with van der Waals surface area (Å²) in [7, 11) is 0. The fraction of sp³-hybridized carbons (Fsp3) is 1.00. The fourth-order valence-electron chi connectivity index (χ4n) is 2.86. The second-order valence-electron chi connectivity index (χ2n) is 6.12. The average Bonchev–Trinajstić information content (AvgIpc) is 2.34. The van der Waals surface area contributed by atoms with Gasteiger partial charge in [-0.05, 0) is 32.7 Å². The predicted octanol–water partition coefficient (Wildman–Crippen LogP) is 2.20. The summed E-state index contributed by atoms with van der Waals surface area (Å²) in [6.07, 6.45) is 1.70. The van der Waals surface area contributed by atoms with Crippen molar-refractivity contribution >= 4 is 15.9 Å². The van der Waals surface area contributed by atoms with Crippen molar-refractivity contribution in [3.63, 3.8) is 0 Å². The summed E-state index contributed by atoms with van der Waals surface area (Å²) in [5, 5.41) is 0. The van der Waals surface area contributed by atoms with Crippen molar-refractivity contribution in [1.82, 2.24) is 9.80 Å². The second kappa shape index (κ2) is 6.69. The highest BCUT2D eigenvalue weighted by molar-refractivity contribution is 9.09. The Hall–Kier alpha value is 0.360. The standard InChI is InChI=1S/C14H27BrN2O/c1-11(2)17-6-7-18-13(9-17)8-16-5-4-12(3)14(15)10-16/h11-14H,4-10H2,1-3H3. The minimum absolute atomic E-state index is 0.397. The lowest BCUT2D eigenvalue weighted by molar-refractivity contribution is -0.0544. The largest absolute Gasteiger partial charge is 0.374 e. The Kier molecular flexibility index (Phi) is 5.48. The van der Waals surface area contributed by atoms with Gasteiger partial charge in [0.1, 0.15) is 0 Å². The molecule has 3 unspecified atom stereocenters. The number of rotatable bonds is 3. The number of morpholine rings is 1. The molecular formula is C14H27BrN2O. The Bertz CT molecular complexity index is 262. The molecular weight excluding hydrogens is 292 g/mol. The third kappa shape index (κ3) is 3.92. The molecule has 18 heavy (non-hydrogen) atoms. The first-order valence-corrected chi connectivity index (χ1v) is 8.20. The average molecular weight is 319 g/mol. The van der Waals surface area contributed by atoms with Crippen LogP contribution in [0.3, 0.4) is 0 Å². The zero-order valence-corrected chi connectivity index (χ0v) is 13.5. The van der Waals surface area contributed by atoms with E-state index >= 15 is 0 Å². The highest BCUT2D eigenvalue weighted by Gasteiger charge is 2.28. The quantitative estimate of drug-likeness (QED) is 0.742. The first kappa shape index (κ1) is 14.8. The van der Waals surface area contributed by atoms with Crippen molar-refractivity contribution in [2.24, 2.45) is 5.92 Å². The van der Waals surface area contributed by atoms with E-state index in [0.717, 1.165) is 32.2 Å². The van der Waals surface area contributed by atoms with Gasteiger partial charge in [0, 0.05) is 37.0 Å². The van der Waals surface area contributed by atoms with E-state index < -0.39 is 0 Å². The fourth-order valence-corrected chi connectivity index (χ4v) is 3.53. The molecule has 0 N–H and O–H groups in total. The van der Waals surface area contributed by atoms with E-state index in [2.05, 4.69) is 46.5 Å². The van der Waals surface area contributed by atoms with Crippen molar-refractivity contribution in [2.75, 3.05) is 39.3 Å². The first-order valence-electron chi connectivity index (χ1n) is 7.28. The van der Waals surface area contributed by atoms with Gasteiger partial charge in [0.05, 0.1) is 12.7 Å². The number of hydrogen-bond acceptors (Lipinski definition) is 3. The lowest BCUT2D eigenvalue weighted by Crippen LogP contribution is -2.51. The van der Waals surface area contributed by atoms with E-state index in [9.17, 15) is 0 Å². The van der Waals surface area contributed by atoms with Crippen LogP contribution in [-0.4, -0.2) is 66.1 Å². The van der Waals surface area contributed by atoms with Crippen LogP contribution < -0.4 is 0 Å². The number of alkyl halides is 1. The number of piperidine rings is 1. The maximum Gasteiger partial charge on any atom is 0.0829 e. The highest BCUT2D eigenvalue weighted by Crippen LogP contribution is 2.23. The molecule has 2 aliphatic heterocycles. The first-order chi connectivity index (χ1) is 8.56. The van der Waals surface area contributed by atoms with Gasteiger partial charge in [-0.1, -0.05) is 22.9 Å². The molecule has 106 valence electrons. The zero-order chi connectivity index (χ0) is 13.1. The van der Waals surface area contributed by atoms with Crippen LogP contribution in [0.2, 0.25) is 0 Å². The Morgan fingerprint density at radius 1 is 1.28 bits per heavy atom. The monoisotopic (exact) mass is 318 g/mol. The SMILES string of the molecule is CC1CCN(CC2CN(C(C)C)CCO2)CC1Br. The highest BCUT2D eigenvalue weighted by atomic mass is 79.9. The van der Waals surface area contributed by atoms with Gasteiger partial charge in [-0.2, -0.15) is 0 Å². The molecule has 4 heteroatoms. The lowest BCUT2D eigenvalue weighted by Gasteiger charge is -2.40. The molecule has 0 spiro atoms. The van der Waals surface area contributed by atoms with Gasteiger partial charge in [-0.15, -0.1) is 0 Å². The maximum absolute atomic E-state index is 5.92. The van der Waals surface area contributed by atoms with Gasteiger partial charge in [-0.3, -0.25) is 9.80 Å². The van der Waals surface area contributed by atoms with Gasteiger partial charge in [-0.25, -0.2) is 0 Å². The van der Waals surface area contributed by atoms with Gasteiger partial charge < -0.3 is 4.74 Å². The Morgan fingerprint density at radius 2 is 2.06 bits per heavy atom. The summed E-state index contributed by atoms with van der Waals surface area (Å²) in [5.41, 5.74) is 0. The maximum atomic E-state index is 5.92. The van der Waals surface area contributed by atoms with Crippen LogP contribution in [0.25, 0.3) is 0 Å². The second-order valence-corrected chi connectivity index (χ2v) is 7.30. The Labute approximate surface area is 120 Å². The van der Waals surface area contributed by atoms with Crippen molar-refractivity contribution in [3.05, 3.63) is 0 Å². The Balaban J connectivity index is 1.79. The third-order valence-corrected chi connectivity index (χ3v) is 5.51. The molecule has 2 rings (SSSR count). The number of ether oxygens (including phenoxy) is 1. The normalized spacial score (nSPS) is 36.2. The molecule has 3 atom stereocenters. The minimum Gasteiger partial charge on any atom is -0.374 e. The number of hydrogen-bond donors (Lipinski definition) is 0. The van der Waals surface area contributed by atoms with E-state index in [4.69, 9.17) is 4.74 Å². The molecule has 0 radical (unpaired) electrons. The van der Waals surface area contributed by atoms with Crippen LogP contribution in [0.4, 0.5) is 0 Å². The molecule has 0 aliphatic carbocycles. The van der Waals surface area contributed by atoms with Crippen molar-refractivity contribution in [3.8, 4) is 0 Å². The van der Waals surface area contributed by atoms with Gasteiger partial charge >= 0.3 is 0 Å². The van der Waals surface area contributed by atoms with Gasteiger partial charge in [0.25, 0.3) is 0 Å². The zero-order valence-electron chi connectivity index (χ0n) is 11.9. The van der Waals surface area contributed by atoms with E-state index in [1.165, 1.54) is 19.5 Å². The number of nitrogens with zero attached hydrogens (tertiary/aromatic N) is 2. The molecule has 2 aliphatic rings. The Morgan fingerprint density at radius 3 is 2.72 bits per heavy atom. The molecule has 0 bridgehead atoms. The van der Waals surface area contributed by atoms with Crippen LogP contribution in [0, 0.1) is 5.92 Å². The van der Waals surface area contributed by atoms with Crippen molar-refractivity contribution in [2.45, 2.75) is 44.2 Å². The van der Waals surface area contributed by atoms with E-state index in [1.807, 2.05) is 0 Å². The topological polar surface area (TPSA) is 15.7 Å². The van der Waals surface area contributed by atoms with Crippen molar-refractivity contribution in [1.29, 1.82) is 0 Å². The summed E-state index contributed by atoms with van der Waals surface area (Å²) >= 11 is 3.80. The smallest absolute Gasteiger partial charge is 0.0829 e. The van der Waals surface area contributed by atoms with Crippen LogP contribution in [0.1, 0.15) is 27.2 Å². The molecule has 0 aromatic heterocycles. The van der Waals surface area contributed by atoms with E-state index in [0.29, 0.717) is 17.0 Å². The summed E-state index contributed by atoms with van der Waals surface area (Å²) in [6, 6.07) is 0.640. The molecule has 0 saturated carbocycles. The van der Waals surface area contributed by atoms with E-state index in [-0.39, 0.29) is 0 Å². The lowest BCUT2D eigenvalue weighted by atomic mass is 9.99. The van der Waals surface area contributed by atoms with Crippen LogP contribution >= 0.6 is 15.9 Å². The van der Waals surface area contributed by atoms with E-state index in [1.54, 1.807) is 0 Å². The minimum atomic E-state index is 0.397. The summed E-state index contributed by atoms with van der Waals surface area (Å²) in [6.45, 7) is 13.5. The summed E-state index contributed by atoms with van der Waals surface area (Å²) in [5.74, 6) is 0.806. The molecule has 2 heterocycles. The number of likely N-dealkylation sites (tertiary alicyclic amines) is 1. The van der Waals surface area contributed by atoms with Crippen LogP contribution in [-0.2, 0) is 4.74 Å². The number of halogens is 1. The van der Waals surface area contributed by atoms with Crippen LogP contribution in [0.15, 0.2) is 0 Å². The van der Waals surface area contributed by atoms with Gasteiger partial charge in [0.15, 0.2) is 0 Å². The van der Waals surface area contributed by atoms with Gasteiger partial charge in [0.2, 0.25) is 0 Å². The molecule has 0 aromatic carbocycles. The molecule has 0 amide bonds. The van der Waals surface area contributed by atoms with Crippen molar-refractivity contribution < 1.29 is 4.74 Å². The van der Waals surface area contributed by atoms with Crippen LogP contribution in [0.5, 0.6) is 0 Å². The third-order valence-electron chi connectivity index (χ3n) is 4.31. The summed E-state index contributed by atoms with van der Waals surface area (Å²) in [4.78, 5) is 5.75. The summed E-state index contributed by atoms with van der Waals surface area (Å²) < 4.78 is 5.92. The molecule has 3 nitrogen and oxygen atoms in total.